The molecule has 0 saturated heterocycles. The molecular formula is C16H21N5. The Morgan fingerprint density at radius 3 is 2.81 bits per heavy atom. The summed E-state index contributed by atoms with van der Waals surface area (Å²) in [5.41, 5.74) is 3.28. The monoisotopic (exact) mass is 283 g/mol. The smallest absolute Gasteiger partial charge is 0.139 e. The van der Waals surface area contributed by atoms with E-state index in [0.29, 0.717) is 12.1 Å². The maximum atomic E-state index is 4.68. The molecule has 0 aliphatic carbocycles. The molecule has 21 heavy (non-hydrogen) atoms. The molecule has 0 unspecified atom stereocenters. The average molecular weight is 283 g/mol. The average Bonchev–Trinajstić information content (AvgIpc) is 3.13. The van der Waals surface area contributed by atoms with Gasteiger partial charge in [-0.15, -0.1) is 0 Å². The highest BCUT2D eigenvalue weighted by Gasteiger charge is 2.14. The molecular weight excluding hydrogens is 262 g/mol. The number of nitrogens with one attached hydrogen (secondary N) is 1. The predicted molar refractivity (Wildman–Crippen MR) is 83.2 cm³/mol. The van der Waals surface area contributed by atoms with E-state index in [0.717, 1.165) is 17.9 Å². The Morgan fingerprint density at radius 1 is 1.24 bits per heavy atom. The van der Waals surface area contributed by atoms with Gasteiger partial charge < -0.3 is 9.72 Å². The fraction of sp³-hybridized carbons (Fsp3) is 0.375. The number of nitrogens with zero attached hydrogens (tertiary/aromatic N) is 4. The van der Waals surface area contributed by atoms with E-state index in [4.69, 9.17) is 0 Å². The van der Waals surface area contributed by atoms with E-state index in [9.17, 15) is 0 Å². The van der Waals surface area contributed by atoms with Crippen molar-refractivity contribution in [3.63, 3.8) is 0 Å². The minimum absolute atomic E-state index is 0.304. The first-order valence-electron chi connectivity index (χ1n) is 7.31. The van der Waals surface area contributed by atoms with Crippen molar-refractivity contribution in [2.75, 3.05) is 0 Å². The van der Waals surface area contributed by atoms with E-state index in [1.807, 2.05) is 35.4 Å². The molecule has 5 heteroatoms. The minimum Gasteiger partial charge on any atom is -0.307 e. The Balaban J connectivity index is 1.67. The molecule has 0 amide bonds. The van der Waals surface area contributed by atoms with Crippen molar-refractivity contribution >= 4 is 5.65 Å². The van der Waals surface area contributed by atoms with Crippen LogP contribution in [-0.2, 0) is 6.54 Å². The Morgan fingerprint density at radius 2 is 2.10 bits per heavy atom. The lowest BCUT2D eigenvalue weighted by Gasteiger charge is -2.21. The topological polar surface area (TPSA) is 47.1 Å². The fourth-order valence-electron chi connectivity index (χ4n) is 2.48. The molecule has 110 valence electrons. The number of fused-ring (bicyclic) bond motifs is 1. The SMILES string of the molecule is Cc1cccn2cc(CN[C@@H](C)[C@H](C)n3cccn3)nc12. The molecule has 0 aliphatic heterocycles. The number of pyridine rings is 1. The Hall–Kier alpha value is -2.14. The van der Waals surface area contributed by atoms with Crippen molar-refractivity contribution in [3.05, 3.63) is 54.2 Å². The molecule has 0 aromatic carbocycles. The van der Waals surface area contributed by atoms with Gasteiger partial charge in [0.15, 0.2) is 0 Å². The van der Waals surface area contributed by atoms with Gasteiger partial charge in [0, 0.05) is 37.4 Å². The van der Waals surface area contributed by atoms with Crippen LogP contribution in [0.3, 0.4) is 0 Å². The van der Waals surface area contributed by atoms with Gasteiger partial charge in [-0.25, -0.2) is 4.98 Å². The van der Waals surface area contributed by atoms with E-state index >= 15 is 0 Å². The first-order valence-corrected chi connectivity index (χ1v) is 7.31. The van der Waals surface area contributed by atoms with Crippen LogP contribution in [0, 0.1) is 6.92 Å². The van der Waals surface area contributed by atoms with Gasteiger partial charge in [-0.3, -0.25) is 4.68 Å². The second-order valence-corrected chi connectivity index (χ2v) is 5.55. The lowest BCUT2D eigenvalue weighted by Crippen LogP contribution is -2.33. The summed E-state index contributed by atoms with van der Waals surface area (Å²) in [6, 6.07) is 6.70. The summed E-state index contributed by atoms with van der Waals surface area (Å²) in [6.45, 7) is 7.18. The zero-order valence-electron chi connectivity index (χ0n) is 12.7. The molecule has 2 atom stereocenters. The molecule has 3 rings (SSSR count). The number of aryl methyl sites for hydroxylation is 1. The van der Waals surface area contributed by atoms with Crippen molar-refractivity contribution < 1.29 is 0 Å². The molecule has 0 spiro atoms. The van der Waals surface area contributed by atoms with Crippen LogP contribution < -0.4 is 5.32 Å². The molecule has 0 bridgehead atoms. The molecule has 5 nitrogen and oxygen atoms in total. The van der Waals surface area contributed by atoms with Crippen LogP contribution in [0.4, 0.5) is 0 Å². The highest BCUT2D eigenvalue weighted by Crippen LogP contribution is 2.12. The van der Waals surface area contributed by atoms with E-state index in [1.54, 1.807) is 0 Å². The second-order valence-electron chi connectivity index (χ2n) is 5.55. The Labute approximate surface area is 124 Å². The number of imidazole rings is 1. The van der Waals surface area contributed by atoms with Gasteiger partial charge in [0.05, 0.1) is 11.7 Å². The summed E-state index contributed by atoms with van der Waals surface area (Å²) in [6.07, 6.45) is 7.93. The van der Waals surface area contributed by atoms with E-state index in [-0.39, 0.29) is 0 Å². The maximum Gasteiger partial charge on any atom is 0.139 e. The molecule has 0 radical (unpaired) electrons. The molecule has 0 saturated carbocycles. The third-order valence-corrected chi connectivity index (χ3v) is 4.00. The van der Waals surface area contributed by atoms with Crippen LogP contribution in [-0.4, -0.2) is 25.2 Å². The van der Waals surface area contributed by atoms with Crippen LogP contribution >= 0.6 is 0 Å². The first kappa shape index (κ1) is 13.8. The highest BCUT2D eigenvalue weighted by atomic mass is 15.3. The van der Waals surface area contributed by atoms with Gasteiger partial charge in [-0.2, -0.15) is 5.10 Å². The van der Waals surface area contributed by atoms with Gasteiger partial charge in [-0.05, 0) is 38.5 Å². The zero-order chi connectivity index (χ0) is 14.8. The van der Waals surface area contributed by atoms with Crippen molar-refractivity contribution in [2.24, 2.45) is 0 Å². The number of hydrogen-bond acceptors (Lipinski definition) is 3. The normalized spacial score (nSPS) is 14.4. The van der Waals surface area contributed by atoms with Crippen molar-refractivity contribution in [3.8, 4) is 0 Å². The van der Waals surface area contributed by atoms with Crippen LogP contribution in [0.2, 0.25) is 0 Å². The molecule has 1 N–H and O–H groups in total. The third-order valence-electron chi connectivity index (χ3n) is 4.00. The van der Waals surface area contributed by atoms with Crippen LogP contribution in [0.1, 0.15) is 31.1 Å². The summed E-state index contributed by atoms with van der Waals surface area (Å²) >= 11 is 0. The van der Waals surface area contributed by atoms with Gasteiger partial charge in [0.1, 0.15) is 5.65 Å². The maximum absolute atomic E-state index is 4.68. The Kier molecular flexibility index (Phi) is 3.75. The predicted octanol–water partition coefficient (Wildman–Crippen LogP) is 2.58. The van der Waals surface area contributed by atoms with Crippen molar-refractivity contribution in [2.45, 2.75) is 39.4 Å². The van der Waals surface area contributed by atoms with Crippen molar-refractivity contribution in [1.29, 1.82) is 0 Å². The lowest BCUT2D eigenvalue weighted by atomic mass is 10.2. The van der Waals surface area contributed by atoms with Crippen LogP contribution in [0.15, 0.2) is 43.0 Å². The number of hydrogen-bond donors (Lipinski definition) is 1. The largest absolute Gasteiger partial charge is 0.307 e. The molecule has 3 aromatic heterocycles. The first-order chi connectivity index (χ1) is 10.1. The Bertz CT molecular complexity index is 713. The molecule has 3 aromatic rings. The molecule has 0 aliphatic rings. The van der Waals surface area contributed by atoms with Crippen LogP contribution in [0.5, 0.6) is 0 Å². The van der Waals surface area contributed by atoms with Gasteiger partial charge in [-0.1, -0.05) is 6.07 Å². The number of rotatable bonds is 5. The van der Waals surface area contributed by atoms with E-state index < -0.39 is 0 Å². The van der Waals surface area contributed by atoms with E-state index in [1.165, 1.54) is 5.56 Å². The highest BCUT2D eigenvalue weighted by molar-refractivity contribution is 5.47. The second kappa shape index (κ2) is 5.69. The standard InChI is InChI=1S/C16H21N5/c1-12-6-4-8-20-11-15(19-16(12)20)10-17-13(2)14(3)21-9-5-7-18-21/h4-9,11,13-14,17H,10H2,1-3H3/t13-,14-/m0/s1. The third kappa shape index (κ3) is 2.83. The van der Waals surface area contributed by atoms with Crippen LogP contribution in [0.25, 0.3) is 5.65 Å². The summed E-state index contributed by atoms with van der Waals surface area (Å²) in [4.78, 5) is 4.68. The lowest BCUT2D eigenvalue weighted by molar-refractivity contribution is 0.364. The van der Waals surface area contributed by atoms with Gasteiger partial charge in [0.2, 0.25) is 0 Å². The quantitative estimate of drug-likeness (QED) is 0.783. The zero-order valence-corrected chi connectivity index (χ0v) is 12.7. The van der Waals surface area contributed by atoms with Gasteiger partial charge in [0.25, 0.3) is 0 Å². The molecule has 0 fully saturated rings. The summed E-state index contributed by atoms with van der Waals surface area (Å²) < 4.78 is 4.05. The van der Waals surface area contributed by atoms with E-state index in [2.05, 4.69) is 52.8 Å². The number of aromatic nitrogens is 4. The minimum atomic E-state index is 0.304. The summed E-state index contributed by atoms with van der Waals surface area (Å²) in [5, 5.41) is 7.83. The van der Waals surface area contributed by atoms with Gasteiger partial charge >= 0.3 is 0 Å². The molecule has 3 heterocycles. The summed E-state index contributed by atoms with van der Waals surface area (Å²) in [7, 11) is 0. The summed E-state index contributed by atoms with van der Waals surface area (Å²) in [5.74, 6) is 0. The van der Waals surface area contributed by atoms with Crippen molar-refractivity contribution in [1.82, 2.24) is 24.5 Å². The fourth-order valence-corrected chi connectivity index (χ4v) is 2.48.